The van der Waals surface area contributed by atoms with Gasteiger partial charge in [0.05, 0.1) is 0 Å². The van der Waals surface area contributed by atoms with Gasteiger partial charge in [-0.15, -0.1) is 0 Å². The van der Waals surface area contributed by atoms with Gasteiger partial charge in [0.15, 0.2) is 17.5 Å². The number of rotatable bonds is 6. The Kier molecular flexibility index (Phi) is 6.19. The molecule has 2 atom stereocenters. The van der Waals surface area contributed by atoms with Gasteiger partial charge in [0.1, 0.15) is 11.5 Å². The van der Waals surface area contributed by atoms with Crippen molar-refractivity contribution in [3.8, 4) is 5.75 Å². The first kappa shape index (κ1) is 22.2. The molecule has 5 nitrogen and oxygen atoms in total. The Labute approximate surface area is 159 Å². The van der Waals surface area contributed by atoms with Gasteiger partial charge in [0.2, 0.25) is 0 Å². The second kappa shape index (κ2) is 8.10. The molecule has 0 aliphatic carbocycles. The average molecular weight is 422 g/mol. The highest BCUT2D eigenvalue weighted by molar-refractivity contribution is 6.25. The number of esters is 1. The molecular weight excluding hydrogens is 410 g/mol. The van der Waals surface area contributed by atoms with Crippen molar-refractivity contribution in [3.05, 3.63) is 47.7 Å². The van der Waals surface area contributed by atoms with E-state index in [-0.39, 0.29) is 11.3 Å². The maximum Gasteiger partial charge on any atom is 0.439 e. The zero-order valence-corrected chi connectivity index (χ0v) is 14.5. The van der Waals surface area contributed by atoms with E-state index in [4.69, 9.17) is 4.74 Å². The van der Waals surface area contributed by atoms with Crippen molar-refractivity contribution in [2.75, 3.05) is 0 Å². The molecule has 1 aromatic carbocycles. The van der Waals surface area contributed by atoms with E-state index in [0.717, 1.165) is 42.5 Å². The van der Waals surface area contributed by atoms with Crippen LogP contribution in [0.2, 0.25) is 0 Å². The van der Waals surface area contributed by atoms with E-state index in [1.54, 1.807) is 0 Å². The van der Waals surface area contributed by atoms with Crippen molar-refractivity contribution < 1.29 is 50.2 Å². The minimum atomic E-state index is -5.81. The highest BCUT2D eigenvalue weighted by atomic mass is 19.4. The van der Waals surface area contributed by atoms with Crippen LogP contribution in [-0.2, 0) is 19.1 Å². The number of cyclic esters (lactones) is 1. The number of ether oxygens (including phenoxy) is 2. The molecule has 1 aliphatic rings. The summed E-state index contributed by atoms with van der Waals surface area (Å²) in [6.45, 7) is 1.36. The lowest BCUT2D eigenvalue weighted by molar-refractivity contribution is -0.305. The van der Waals surface area contributed by atoms with Crippen molar-refractivity contribution in [2.45, 2.75) is 25.4 Å². The Balaban J connectivity index is 2.06. The minimum absolute atomic E-state index is 0.0430. The summed E-state index contributed by atoms with van der Waals surface area (Å²) >= 11 is 0. The highest BCUT2D eigenvalue weighted by Gasteiger charge is 2.59. The van der Waals surface area contributed by atoms with E-state index < -0.39 is 47.7 Å². The van der Waals surface area contributed by atoms with Gasteiger partial charge in [0.25, 0.3) is 6.17 Å². The zero-order chi connectivity index (χ0) is 22.0. The quantitative estimate of drug-likeness (QED) is 0.302. The van der Waals surface area contributed by atoms with Crippen molar-refractivity contribution in [1.29, 1.82) is 0 Å². The van der Waals surface area contributed by atoms with Gasteiger partial charge >= 0.3 is 18.3 Å². The van der Waals surface area contributed by atoms with Crippen LogP contribution in [0, 0.1) is 5.92 Å². The lowest BCUT2D eigenvalue weighted by Crippen LogP contribution is -2.45. The summed E-state index contributed by atoms with van der Waals surface area (Å²) in [7, 11) is 0. The second-order valence-corrected chi connectivity index (χ2v) is 5.88. The molecule has 2 unspecified atom stereocenters. The van der Waals surface area contributed by atoms with E-state index >= 15 is 0 Å². The third-order valence-corrected chi connectivity index (χ3v) is 3.57. The highest BCUT2D eigenvalue weighted by Crippen LogP contribution is 2.36. The van der Waals surface area contributed by atoms with Gasteiger partial charge in [0, 0.05) is 6.08 Å². The Hall–Kier alpha value is -3.11. The van der Waals surface area contributed by atoms with Crippen LogP contribution in [-0.4, -0.2) is 36.0 Å². The van der Waals surface area contributed by atoms with Gasteiger partial charge < -0.3 is 9.47 Å². The number of allylic oxidation sites excluding steroid dienone is 3. The lowest BCUT2D eigenvalue weighted by atomic mass is 9.96. The van der Waals surface area contributed by atoms with Crippen molar-refractivity contribution >= 4 is 23.6 Å². The lowest BCUT2D eigenvalue weighted by Gasteiger charge is -2.23. The van der Waals surface area contributed by atoms with Crippen LogP contribution < -0.4 is 4.74 Å². The van der Waals surface area contributed by atoms with Crippen molar-refractivity contribution in [3.63, 3.8) is 0 Å². The molecule has 0 saturated heterocycles. The molecule has 0 amide bonds. The third kappa shape index (κ3) is 5.46. The Morgan fingerprint density at radius 3 is 2.24 bits per heavy atom. The fraction of sp³-hybridized carbons (Fsp3) is 0.278. The summed E-state index contributed by atoms with van der Waals surface area (Å²) in [6, 6.07) is 3.82. The number of carbonyl (C=O) groups is 3. The summed E-state index contributed by atoms with van der Waals surface area (Å²) in [5.41, 5.74) is 0.199. The molecule has 156 valence electrons. The average Bonchev–Trinajstić information content (AvgIpc) is 2.58. The second-order valence-electron chi connectivity index (χ2n) is 5.88. The molecule has 0 bridgehead atoms. The number of alkyl halides is 6. The van der Waals surface area contributed by atoms with E-state index in [1.165, 1.54) is 6.92 Å². The van der Waals surface area contributed by atoms with Crippen LogP contribution in [0.15, 0.2) is 42.2 Å². The molecule has 1 heterocycles. The summed E-state index contributed by atoms with van der Waals surface area (Å²) in [5, 5.41) is 0. The summed E-state index contributed by atoms with van der Waals surface area (Å²) in [4.78, 5) is 35.4. The third-order valence-electron chi connectivity index (χ3n) is 3.57. The topological polar surface area (TPSA) is 69.7 Å². The van der Waals surface area contributed by atoms with E-state index in [1.807, 2.05) is 0 Å². The zero-order valence-electron chi connectivity index (χ0n) is 14.5. The monoisotopic (exact) mass is 422 g/mol. The van der Waals surface area contributed by atoms with Gasteiger partial charge in [-0.05, 0) is 30.7 Å². The SMILES string of the molecule is CC1=CC(=O)C(C(=O)C=Cc2ccc(OC(F)(F)C(F)C(F)(F)F)cc2)C(=O)O1. The molecule has 0 spiro atoms. The Bertz CT molecular complexity index is 870. The number of carbonyl (C=O) groups excluding carboxylic acids is 3. The molecule has 0 saturated carbocycles. The van der Waals surface area contributed by atoms with Crippen molar-refractivity contribution in [1.82, 2.24) is 0 Å². The molecule has 1 aliphatic heterocycles. The predicted octanol–water partition coefficient (Wildman–Crippen LogP) is 3.79. The molecule has 0 fully saturated rings. The van der Waals surface area contributed by atoms with Crippen molar-refractivity contribution in [2.24, 2.45) is 5.92 Å². The summed E-state index contributed by atoms with van der Waals surface area (Å²) in [5.74, 6) is -5.06. The number of halogens is 6. The largest absolute Gasteiger partial charge is 0.439 e. The standard InChI is InChI=1S/C18H12F6O5/c1-9-8-13(26)14(15(27)28-9)12(25)7-4-10-2-5-11(6-3-10)29-18(23,24)16(19)17(20,21)22/h2-8,14,16H,1H3. The Morgan fingerprint density at radius 2 is 1.72 bits per heavy atom. The first-order valence-corrected chi connectivity index (χ1v) is 7.84. The molecule has 29 heavy (non-hydrogen) atoms. The smallest absolute Gasteiger partial charge is 0.430 e. The molecule has 1 aromatic rings. The van der Waals surface area contributed by atoms with Gasteiger partial charge in [-0.1, -0.05) is 18.2 Å². The molecule has 0 radical (unpaired) electrons. The van der Waals surface area contributed by atoms with Crippen LogP contribution in [0.25, 0.3) is 6.08 Å². The molecule has 0 aromatic heterocycles. The maximum atomic E-state index is 13.2. The normalized spacial score (nSPS) is 19.0. The maximum absolute atomic E-state index is 13.2. The van der Waals surface area contributed by atoms with Crippen LogP contribution >= 0.6 is 0 Å². The number of ketones is 2. The number of benzene rings is 1. The van der Waals surface area contributed by atoms with Crippen LogP contribution in [0.5, 0.6) is 5.75 Å². The fourth-order valence-electron chi connectivity index (χ4n) is 2.22. The van der Waals surface area contributed by atoms with Gasteiger partial charge in [-0.25, -0.2) is 4.39 Å². The van der Waals surface area contributed by atoms with Gasteiger partial charge in [-0.2, -0.15) is 22.0 Å². The van der Waals surface area contributed by atoms with E-state index in [9.17, 15) is 40.7 Å². The predicted molar refractivity (Wildman–Crippen MR) is 85.4 cm³/mol. The van der Waals surface area contributed by atoms with Crippen LogP contribution in [0.4, 0.5) is 26.3 Å². The van der Waals surface area contributed by atoms with Crippen LogP contribution in [0.1, 0.15) is 12.5 Å². The number of hydrogen-bond donors (Lipinski definition) is 0. The van der Waals surface area contributed by atoms with E-state index in [0.29, 0.717) is 0 Å². The van der Waals surface area contributed by atoms with E-state index in [2.05, 4.69) is 4.74 Å². The summed E-state index contributed by atoms with van der Waals surface area (Å²) in [6.07, 6.45) is -12.5. The first-order chi connectivity index (χ1) is 13.3. The van der Waals surface area contributed by atoms with Crippen LogP contribution in [0.3, 0.4) is 0 Å². The van der Waals surface area contributed by atoms with Gasteiger partial charge in [-0.3, -0.25) is 14.4 Å². The summed E-state index contributed by atoms with van der Waals surface area (Å²) < 4.78 is 83.9. The molecule has 2 rings (SSSR count). The first-order valence-electron chi connectivity index (χ1n) is 7.84. The molecular formula is C18H12F6O5. The molecule has 0 N–H and O–H groups in total. The fourth-order valence-corrected chi connectivity index (χ4v) is 2.22. The number of hydrogen-bond acceptors (Lipinski definition) is 5. The Morgan fingerprint density at radius 1 is 1.14 bits per heavy atom. The molecule has 11 heteroatoms. The minimum Gasteiger partial charge on any atom is -0.430 e.